The van der Waals surface area contributed by atoms with E-state index in [1.165, 1.54) is 0 Å². The highest BCUT2D eigenvalue weighted by Crippen LogP contribution is 2.42. The molecule has 0 bridgehead atoms. The molecule has 0 spiro atoms. The van der Waals surface area contributed by atoms with Gasteiger partial charge in [0.25, 0.3) is 0 Å². The van der Waals surface area contributed by atoms with Crippen LogP contribution in [0.1, 0.15) is 25.0 Å². The van der Waals surface area contributed by atoms with Crippen molar-refractivity contribution in [3.63, 3.8) is 0 Å². The van der Waals surface area contributed by atoms with Gasteiger partial charge in [0.1, 0.15) is 24.2 Å². The number of fused-ring (bicyclic) bond motifs is 1. The van der Waals surface area contributed by atoms with Gasteiger partial charge in [-0.05, 0) is 54.8 Å². The van der Waals surface area contributed by atoms with E-state index in [4.69, 9.17) is 9.47 Å². The fourth-order valence-electron chi connectivity index (χ4n) is 4.35. The first-order valence-electron chi connectivity index (χ1n) is 11.5. The Morgan fingerprint density at radius 2 is 1.97 bits per heavy atom. The van der Waals surface area contributed by atoms with Crippen molar-refractivity contribution in [2.24, 2.45) is 10.9 Å². The first-order chi connectivity index (χ1) is 16.5. The van der Waals surface area contributed by atoms with Crippen LogP contribution in [0.25, 0.3) is 11.1 Å². The van der Waals surface area contributed by atoms with Crippen LogP contribution in [0.2, 0.25) is 0 Å². The molecular formula is C28H31FN2O3. The molecule has 0 radical (unpaired) electrons. The van der Waals surface area contributed by atoms with Crippen LogP contribution in [0.5, 0.6) is 11.5 Å². The third kappa shape index (κ3) is 5.23. The lowest BCUT2D eigenvalue weighted by molar-refractivity contribution is 0.0653. The third-order valence-corrected chi connectivity index (χ3v) is 6.27. The van der Waals surface area contributed by atoms with E-state index in [1.54, 1.807) is 24.4 Å². The number of phenolic OH excluding ortho intramolecular Hbond substituents is 1. The number of rotatable bonds is 8. The molecule has 4 rings (SSSR count). The average molecular weight is 463 g/mol. The Kier molecular flexibility index (Phi) is 7.48. The SMILES string of the molecule is C=CC(=N/C=C(\C)C1Oc2ccccc2C(C)=C1c1ccc(O)cc1)OCCN1CC(CF)C1. The van der Waals surface area contributed by atoms with Crippen LogP contribution in [0.15, 0.2) is 78.0 Å². The van der Waals surface area contributed by atoms with Crippen molar-refractivity contribution in [1.82, 2.24) is 4.90 Å². The van der Waals surface area contributed by atoms with E-state index >= 15 is 0 Å². The number of ether oxygens (including phenoxy) is 2. The molecule has 178 valence electrons. The molecule has 1 unspecified atom stereocenters. The molecule has 1 saturated heterocycles. The van der Waals surface area contributed by atoms with E-state index < -0.39 is 0 Å². The van der Waals surface area contributed by atoms with E-state index in [0.717, 1.165) is 53.2 Å². The zero-order chi connectivity index (χ0) is 24.1. The minimum absolute atomic E-state index is 0.165. The molecular weight excluding hydrogens is 431 g/mol. The highest BCUT2D eigenvalue weighted by atomic mass is 19.1. The van der Waals surface area contributed by atoms with Gasteiger partial charge in [-0.2, -0.15) is 0 Å². The molecule has 34 heavy (non-hydrogen) atoms. The number of hydrogen-bond acceptors (Lipinski definition) is 5. The van der Waals surface area contributed by atoms with Crippen LogP contribution in [0.3, 0.4) is 0 Å². The number of benzene rings is 2. The minimum Gasteiger partial charge on any atom is -0.508 e. The van der Waals surface area contributed by atoms with Gasteiger partial charge < -0.3 is 14.6 Å². The molecule has 2 aliphatic rings. The fraction of sp³-hybridized carbons (Fsp3) is 0.321. The smallest absolute Gasteiger partial charge is 0.212 e. The summed E-state index contributed by atoms with van der Waals surface area (Å²) in [6.45, 7) is 10.4. The van der Waals surface area contributed by atoms with E-state index in [2.05, 4.69) is 29.5 Å². The Bertz CT molecular complexity index is 1110. The second-order valence-corrected chi connectivity index (χ2v) is 8.75. The van der Waals surface area contributed by atoms with Crippen molar-refractivity contribution in [3.05, 3.63) is 84.1 Å². The van der Waals surface area contributed by atoms with Crippen LogP contribution >= 0.6 is 0 Å². The molecule has 1 N–H and O–H groups in total. The zero-order valence-electron chi connectivity index (χ0n) is 19.7. The summed E-state index contributed by atoms with van der Waals surface area (Å²) in [6, 6.07) is 15.1. The molecule has 0 aliphatic carbocycles. The highest BCUT2D eigenvalue weighted by molar-refractivity contribution is 5.96. The normalized spacial score (nSPS) is 19.3. The molecule has 2 aromatic carbocycles. The van der Waals surface area contributed by atoms with Gasteiger partial charge in [0, 0.05) is 42.9 Å². The monoisotopic (exact) mass is 462 g/mol. The summed E-state index contributed by atoms with van der Waals surface area (Å²) in [7, 11) is 0. The van der Waals surface area contributed by atoms with E-state index in [1.807, 2.05) is 37.3 Å². The molecule has 1 atom stereocenters. The average Bonchev–Trinajstić information content (AvgIpc) is 2.83. The highest BCUT2D eigenvalue weighted by Gasteiger charge is 2.29. The standard InChI is InChI=1S/C28H31FN2O3/c1-4-26(33-14-13-31-17-21(15-29)18-31)30-16-19(2)28-27(22-9-11-23(32)12-10-22)20(3)24-7-5-6-8-25(24)34-28/h4-12,16,21,28,32H,1,13-15,17-18H2,2-3H3/b19-16+,30-26?. The Morgan fingerprint density at radius 1 is 1.24 bits per heavy atom. The maximum atomic E-state index is 12.6. The van der Waals surface area contributed by atoms with Crippen LogP contribution in [0.4, 0.5) is 4.39 Å². The number of hydrogen-bond donors (Lipinski definition) is 1. The van der Waals surface area contributed by atoms with Crippen molar-refractivity contribution in [3.8, 4) is 11.5 Å². The van der Waals surface area contributed by atoms with Gasteiger partial charge in [-0.1, -0.05) is 36.9 Å². The zero-order valence-corrected chi connectivity index (χ0v) is 19.7. The lowest BCUT2D eigenvalue weighted by Crippen LogP contribution is -2.48. The van der Waals surface area contributed by atoms with Gasteiger partial charge in [0.2, 0.25) is 5.90 Å². The molecule has 0 aromatic heterocycles. The molecule has 2 heterocycles. The van der Waals surface area contributed by atoms with Crippen molar-refractivity contribution >= 4 is 17.0 Å². The Labute approximate surface area is 200 Å². The number of para-hydroxylation sites is 1. The van der Waals surface area contributed by atoms with E-state index in [-0.39, 0.29) is 24.4 Å². The van der Waals surface area contributed by atoms with E-state index in [9.17, 15) is 9.50 Å². The molecule has 2 aliphatic heterocycles. The minimum atomic E-state index is -0.340. The molecule has 5 nitrogen and oxygen atoms in total. The lowest BCUT2D eigenvalue weighted by Gasteiger charge is -2.37. The summed E-state index contributed by atoms with van der Waals surface area (Å²) in [5.74, 6) is 1.65. The summed E-state index contributed by atoms with van der Waals surface area (Å²) < 4.78 is 24.8. The Morgan fingerprint density at radius 3 is 2.68 bits per heavy atom. The first kappa shape index (κ1) is 23.8. The van der Waals surface area contributed by atoms with E-state index in [0.29, 0.717) is 12.5 Å². The maximum absolute atomic E-state index is 12.6. The number of aromatic hydroxyl groups is 1. The van der Waals surface area contributed by atoms with Crippen LogP contribution in [-0.4, -0.2) is 54.9 Å². The number of allylic oxidation sites excluding steroid dienone is 1. The second-order valence-electron chi connectivity index (χ2n) is 8.75. The van der Waals surface area contributed by atoms with Crippen molar-refractivity contribution in [2.75, 3.05) is 32.9 Å². The topological polar surface area (TPSA) is 54.3 Å². The number of likely N-dealkylation sites (tertiary alicyclic amines) is 1. The number of phenols is 1. The second kappa shape index (κ2) is 10.7. The van der Waals surface area contributed by atoms with Crippen LogP contribution in [0, 0.1) is 5.92 Å². The van der Waals surface area contributed by atoms with Gasteiger partial charge in [-0.3, -0.25) is 9.29 Å². The molecule has 6 heteroatoms. The summed E-state index contributed by atoms with van der Waals surface area (Å²) in [4.78, 5) is 6.67. The Balaban J connectivity index is 1.53. The molecule has 0 saturated carbocycles. The summed E-state index contributed by atoms with van der Waals surface area (Å²) >= 11 is 0. The van der Waals surface area contributed by atoms with Crippen molar-refractivity contribution in [2.45, 2.75) is 20.0 Å². The van der Waals surface area contributed by atoms with Crippen molar-refractivity contribution < 1.29 is 19.0 Å². The lowest BCUT2D eigenvalue weighted by atomic mass is 9.86. The van der Waals surface area contributed by atoms with Crippen LogP contribution < -0.4 is 4.74 Å². The summed E-state index contributed by atoms with van der Waals surface area (Å²) in [6.07, 6.45) is 3.00. The van der Waals surface area contributed by atoms with Gasteiger partial charge in [-0.25, -0.2) is 4.99 Å². The number of halogens is 1. The number of alkyl halides is 1. The van der Waals surface area contributed by atoms with Gasteiger partial charge in [-0.15, -0.1) is 0 Å². The quantitative estimate of drug-likeness (QED) is 0.416. The third-order valence-electron chi connectivity index (χ3n) is 6.27. The predicted molar refractivity (Wildman–Crippen MR) is 135 cm³/mol. The van der Waals surface area contributed by atoms with Gasteiger partial charge in [0.15, 0.2) is 0 Å². The number of aliphatic imine (C=N–C) groups is 1. The Hall–Kier alpha value is -3.38. The predicted octanol–water partition coefficient (Wildman–Crippen LogP) is 5.49. The summed E-state index contributed by atoms with van der Waals surface area (Å²) in [5, 5.41) is 9.76. The van der Waals surface area contributed by atoms with Gasteiger partial charge in [0.05, 0.1) is 6.67 Å². The van der Waals surface area contributed by atoms with Gasteiger partial charge >= 0.3 is 0 Å². The molecule has 1 fully saturated rings. The number of nitrogens with zero attached hydrogens (tertiary/aromatic N) is 2. The molecule has 0 amide bonds. The first-order valence-corrected chi connectivity index (χ1v) is 11.5. The fourth-order valence-corrected chi connectivity index (χ4v) is 4.35. The summed E-state index contributed by atoms with van der Waals surface area (Å²) in [5.41, 5.74) is 5.09. The maximum Gasteiger partial charge on any atom is 0.212 e. The van der Waals surface area contributed by atoms with Crippen molar-refractivity contribution in [1.29, 1.82) is 0 Å². The molecule has 2 aromatic rings. The largest absolute Gasteiger partial charge is 0.508 e. The van der Waals surface area contributed by atoms with Crippen LogP contribution in [-0.2, 0) is 4.74 Å².